The van der Waals surface area contributed by atoms with E-state index in [2.05, 4.69) is 24.3 Å². The predicted molar refractivity (Wildman–Crippen MR) is 124 cm³/mol. The summed E-state index contributed by atoms with van der Waals surface area (Å²) in [5.41, 5.74) is 2.63. The molecule has 31 heavy (non-hydrogen) atoms. The van der Waals surface area contributed by atoms with Crippen LogP contribution in [0.2, 0.25) is 0 Å². The Kier molecular flexibility index (Phi) is 5.60. The number of carbonyl (C=O) groups is 1. The van der Waals surface area contributed by atoms with Crippen molar-refractivity contribution in [3.8, 4) is 0 Å². The maximum atomic E-state index is 14.3. The van der Waals surface area contributed by atoms with Crippen molar-refractivity contribution in [1.29, 1.82) is 0 Å². The summed E-state index contributed by atoms with van der Waals surface area (Å²) in [6, 6.07) is 21.4. The first-order chi connectivity index (χ1) is 15.2. The van der Waals surface area contributed by atoms with Gasteiger partial charge >= 0.3 is 0 Å². The standard InChI is InChI=1S/C26H25FN2OS/c27-23-9-5-4-8-22(23)18-29-24(17-21-12-15-31-26(21)29)25(30)28-13-10-20(11-14-28)16-19-6-2-1-3-7-19/h1-9,12,15,17,20H,10-11,13-14,16,18H2. The first-order valence-corrected chi connectivity index (χ1v) is 11.7. The van der Waals surface area contributed by atoms with Crippen molar-refractivity contribution >= 4 is 27.5 Å². The van der Waals surface area contributed by atoms with Crippen molar-refractivity contribution in [2.75, 3.05) is 13.1 Å². The van der Waals surface area contributed by atoms with Crippen molar-refractivity contribution in [2.45, 2.75) is 25.8 Å². The van der Waals surface area contributed by atoms with Gasteiger partial charge in [-0.2, -0.15) is 0 Å². The number of likely N-dealkylation sites (tertiary alicyclic amines) is 1. The molecule has 2 aromatic heterocycles. The summed E-state index contributed by atoms with van der Waals surface area (Å²) in [5, 5.41) is 3.06. The van der Waals surface area contributed by atoms with Gasteiger partial charge in [-0.05, 0) is 54.3 Å². The average molecular weight is 433 g/mol. The molecule has 0 spiro atoms. The van der Waals surface area contributed by atoms with Crippen LogP contribution in [0.25, 0.3) is 10.2 Å². The van der Waals surface area contributed by atoms with Gasteiger partial charge in [0.25, 0.3) is 5.91 Å². The van der Waals surface area contributed by atoms with Crippen LogP contribution < -0.4 is 0 Å². The molecule has 1 fully saturated rings. The van der Waals surface area contributed by atoms with Crippen LogP contribution in [0, 0.1) is 11.7 Å². The summed E-state index contributed by atoms with van der Waals surface area (Å²) in [6.45, 7) is 1.91. The van der Waals surface area contributed by atoms with E-state index in [1.807, 2.05) is 39.1 Å². The van der Waals surface area contributed by atoms with E-state index in [0.29, 0.717) is 23.7 Å². The maximum Gasteiger partial charge on any atom is 0.270 e. The summed E-state index contributed by atoms with van der Waals surface area (Å²) < 4.78 is 16.3. The number of benzene rings is 2. The summed E-state index contributed by atoms with van der Waals surface area (Å²) >= 11 is 1.60. The second-order valence-electron chi connectivity index (χ2n) is 8.31. The lowest BCUT2D eigenvalue weighted by atomic mass is 9.90. The number of hydrogen-bond donors (Lipinski definition) is 0. The highest BCUT2D eigenvalue weighted by Gasteiger charge is 2.27. The fourth-order valence-corrected chi connectivity index (χ4v) is 5.45. The molecule has 5 rings (SSSR count). The Balaban J connectivity index is 1.33. The van der Waals surface area contributed by atoms with Crippen LogP contribution in [0.1, 0.15) is 34.5 Å². The summed E-state index contributed by atoms with van der Waals surface area (Å²) in [6.07, 6.45) is 3.11. The molecule has 0 aliphatic carbocycles. The Morgan fingerprint density at radius 1 is 1.00 bits per heavy atom. The van der Waals surface area contributed by atoms with Gasteiger partial charge in [-0.25, -0.2) is 4.39 Å². The molecule has 0 bridgehead atoms. The summed E-state index contributed by atoms with van der Waals surface area (Å²) in [5.74, 6) is 0.430. The van der Waals surface area contributed by atoms with Crippen LogP contribution in [-0.4, -0.2) is 28.5 Å². The summed E-state index contributed by atoms with van der Waals surface area (Å²) in [4.78, 5) is 16.4. The van der Waals surface area contributed by atoms with E-state index in [-0.39, 0.29) is 11.7 Å². The zero-order valence-electron chi connectivity index (χ0n) is 17.3. The SMILES string of the molecule is O=C(c1cc2ccsc2n1Cc1ccccc1F)N1CCC(Cc2ccccc2)CC1. The van der Waals surface area contributed by atoms with Crippen molar-refractivity contribution in [1.82, 2.24) is 9.47 Å². The molecular formula is C26H25FN2OS. The highest BCUT2D eigenvalue weighted by Crippen LogP contribution is 2.29. The Morgan fingerprint density at radius 2 is 1.74 bits per heavy atom. The number of fused-ring (bicyclic) bond motifs is 1. The van der Waals surface area contributed by atoms with Crippen LogP contribution in [0.3, 0.4) is 0 Å². The van der Waals surface area contributed by atoms with Crippen LogP contribution in [0.4, 0.5) is 4.39 Å². The van der Waals surface area contributed by atoms with Gasteiger partial charge in [0.05, 0.1) is 6.54 Å². The minimum Gasteiger partial charge on any atom is -0.337 e. The highest BCUT2D eigenvalue weighted by molar-refractivity contribution is 7.16. The van der Waals surface area contributed by atoms with E-state index in [0.717, 1.165) is 42.6 Å². The van der Waals surface area contributed by atoms with Gasteiger partial charge in [-0.3, -0.25) is 4.79 Å². The number of amides is 1. The van der Waals surface area contributed by atoms with Crippen molar-refractivity contribution < 1.29 is 9.18 Å². The molecule has 4 aromatic rings. The van der Waals surface area contributed by atoms with Gasteiger partial charge in [0.2, 0.25) is 0 Å². The largest absolute Gasteiger partial charge is 0.337 e. The van der Waals surface area contributed by atoms with Crippen LogP contribution >= 0.6 is 11.3 Å². The number of piperidine rings is 1. The van der Waals surface area contributed by atoms with Gasteiger partial charge in [0.1, 0.15) is 16.3 Å². The molecule has 1 aliphatic rings. The number of halogens is 1. The smallest absolute Gasteiger partial charge is 0.270 e. The Labute approximate surface area is 185 Å². The Morgan fingerprint density at radius 3 is 2.52 bits per heavy atom. The number of nitrogens with zero attached hydrogens (tertiary/aromatic N) is 2. The lowest BCUT2D eigenvalue weighted by Crippen LogP contribution is -2.39. The lowest BCUT2D eigenvalue weighted by Gasteiger charge is -2.32. The van der Waals surface area contributed by atoms with Crippen LogP contribution in [-0.2, 0) is 13.0 Å². The fraction of sp³-hybridized carbons (Fsp3) is 0.269. The van der Waals surface area contributed by atoms with Gasteiger partial charge in [0.15, 0.2) is 0 Å². The van der Waals surface area contributed by atoms with Gasteiger partial charge < -0.3 is 9.47 Å². The molecule has 5 heteroatoms. The van der Waals surface area contributed by atoms with E-state index in [1.165, 1.54) is 11.6 Å². The van der Waals surface area contributed by atoms with E-state index >= 15 is 0 Å². The summed E-state index contributed by atoms with van der Waals surface area (Å²) in [7, 11) is 0. The van der Waals surface area contributed by atoms with Crippen molar-refractivity contribution in [2.24, 2.45) is 5.92 Å². The van der Waals surface area contributed by atoms with Crippen molar-refractivity contribution in [3.05, 3.63) is 94.7 Å². The third-order valence-corrected chi connectivity index (χ3v) is 7.23. The first kappa shape index (κ1) is 20.0. The zero-order chi connectivity index (χ0) is 21.2. The van der Waals surface area contributed by atoms with Crippen LogP contribution in [0.5, 0.6) is 0 Å². The lowest BCUT2D eigenvalue weighted by molar-refractivity contribution is 0.0680. The molecule has 2 aromatic carbocycles. The molecule has 1 amide bonds. The number of rotatable bonds is 5. The zero-order valence-corrected chi connectivity index (χ0v) is 18.2. The maximum absolute atomic E-state index is 14.3. The quantitative estimate of drug-likeness (QED) is 0.381. The number of hydrogen-bond acceptors (Lipinski definition) is 2. The fourth-order valence-electron chi connectivity index (χ4n) is 4.56. The number of aromatic nitrogens is 1. The van der Waals surface area contributed by atoms with E-state index in [4.69, 9.17) is 0 Å². The molecule has 3 heterocycles. The van der Waals surface area contributed by atoms with E-state index in [9.17, 15) is 9.18 Å². The minimum atomic E-state index is -0.235. The third-order valence-electron chi connectivity index (χ3n) is 6.28. The molecular weight excluding hydrogens is 407 g/mol. The second kappa shape index (κ2) is 8.67. The minimum absolute atomic E-state index is 0.0536. The molecule has 3 nitrogen and oxygen atoms in total. The first-order valence-electron chi connectivity index (χ1n) is 10.8. The number of thiophene rings is 1. The highest BCUT2D eigenvalue weighted by atomic mass is 32.1. The topological polar surface area (TPSA) is 25.2 Å². The predicted octanol–water partition coefficient (Wildman–Crippen LogP) is 5.99. The monoisotopic (exact) mass is 432 g/mol. The molecule has 158 valence electrons. The van der Waals surface area contributed by atoms with E-state index < -0.39 is 0 Å². The molecule has 0 saturated carbocycles. The molecule has 0 unspecified atom stereocenters. The number of carbonyl (C=O) groups excluding carboxylic acids is 1. The average Bonchev–Trinajstić information content (AvgIpc) is 3.39. The van der Waals surface area contributed by atoms with Gasteiger partial charge in [0, 0.05) is 24.0 Å². The van der Waals surface area contributed by atoms with Crippen molar-refractivity contribution in [3.63, 3.8) is 0 Å². The third kappa shape index (κ3) is 4.15. The normalized spacial score (nSPS) is 14.9. The van der Waals surface area contributed by atoms with Crippen LogP contribution in [0.15, 0.2) is 72.1 Å². The second-order valence-corrected chi connectivity index (χ2v) is 9.21. The molecule has 0 N–H and O–H groups in total. The molecule has 0 radical (unpaired) electrons. The molecule has 1 saturated heterocycles. The Bertz CT molecular complexity index is 1190. The molecule has 0 atom stereocenters. The van der Waals surface area contributed by atoms with Gasteiger partial charge in [-0.15, -0.1) is 11.3 Å². The Hall–Kier alpha value is -2.92. The van der Waals surface area contributed by atoms with E-state index in [1.54, 1.807) is 23.5 Å². The molecule has 1 aliphatic heterocycles. The van der Waals surface area contributed by atoms with Gasteiger partial charge in [-0.1, -0.05) is 48.5 Å².